The lowest BCUT2D eigenvalue weighted by atomic mass is 10.2. The molecule has 3 rings (SSSR count). The van der Waals surface area contributed by atoms with Crippen molar-refractivity contribution in [1.82, 2.24) is 9.38 Å². The van der Waals surface area contributed by atoms with Crippen molar-refractivity contribution < 1.29 is 19.0 Å². The van der Waals surface area contributed by atoms with Crippen LogP contribution in [0.2, 0.25) is 5.02 Å². The SMILES string of the molecule is CCOc1c(Cl)cc(C(=O)OCc2cc(=O)n3cccc(C)c3n2)cc1OC. The summed E-state index contributed by atoms with van der Waals surface area (Å²) in [5, 5.41) is 0.242. The Morgan fingerprint density at radius 3 is 2.79 bits per heavy atom. The van der Waals surface area contributed by atoms with Crippen LogP contribution in [0.25, 0.3) is 5.65 Å². The Kier molecular flexibility index (Phi) is 5.84. The molecule has 0 fully saturated rings. The Bertz CT molecular complexity index is 1090. The van der Waals surface area contributed by atoms with Crippen molar-refractivity contribution in [2.75, 3.05) is 13.7 Å². The van der Waals surface area contributed by atoms with Crippen LogP contribution in [0, 0.1) is 6.92 Å². The summed E-state index contributed by atoms with van der Waals surface area (Å²) >= 11 is 6.19. The summed E-state index contributed by atoms with van der Waals surface area (Å²) in [5.41, 5.74) is 1.68. The van der Waals surface area contributed by atoms with E-state index in [0.29, 0.717) is 29.4 Å². The number of aryl methyl sites for hydroxylation is 1. The second-order valence-electron chi connectivity index (χ2n) is 5.97. The van der Waals surface area contributed by atoms with Crippen molar-refractivity contribution in [3.05, 3.63) is 68.7 Å². The molecule has 0 amide bonds. The summed E-state index contributed by atoms with van der Waals surface area (Å²) in [5.74, 6) is 0.0805. The fraction of sp³-hybridized carbons (Fsp3) is 0.250. The molecule has 0 spiro atoms. The molecule has 0 N–H and O–H groups in total. The highest BCUT2D eigenvalue weighted by Crippen LogP contribution is 2.36. The minimum Gasteiger partial charge on any atom is -0.493 e. The van der Waals surface area contributed by atoms with Crippen molar-refractivity contribution in [2.45, 2.75) is 20.5 Å². The van der Waals surface area contributed by atoms with Gasteiger partial charge in [0.2, 0.25) is 0 Å². The highest BCUT2D eigenvalue weighted by Gasteiger charge is 2.17. The van der Waals surface area contributed by atoms with E-state index in [4.69, 9.17) is 25.8 Å². The molecule has 8 heteroatoms. The van der Waals surface area contributed by atoms with Crippen LogP contribution in [0.15, 0.2) is 41.3 Å². The number of methoxy groups -OCH3 is 1. The Balaban J connectivity index is 1.83. The van der Waals surface area contributed by atoms with E-state index in [9.17, 15) is 9.59 Å². The zero-order valence-electron chi connectivity index (χ0n) is 15.7. The second-order valence-corrected chi connectivity index (χ2v) is 6.38. The quantitative estimate of drug-likeness (QED) is 0.588. The molecule has 0 aliphatic carbocycles. The van der Waals surface area contributed by atoms with Gasteiger partial charge in [-0.2, -0.15) is 0 Å². The molecule has 7 nitrogen and oxygen atoms in total. The topological polar surface area (TPSA) is 79.1 Å². The van der Waals surface area contributed by atoms with Crippen LogP contribution < -0.4 is 15.0 Å². The summed E-state index contributed by atoms with van der Waals surface area (Å²) in [6.07, 6.45) is 1.64. The van der Waals surface area contributed by atoms with E-state index in [0.717, 1.165) is 5.56 Å². The highest BCUT2D eigenvalue weighted by molar-refractivity contribution is 6.32. The number of carbonyl (C=O) groups is 1. The molecule has 0 aliphatic heterocycles. The van der Waals surface area contributed by atoms with Gasteiger partial charge < -0.3 is 14.2 Å². The maximum absolute atomic E-state index is 12.4. The molecule has 146 valence electrons. The minimum atomic E-state index is -0.616. The largest absolute Gasteiger partial charge is 0.493 e. The Hall–Kier alpha value is -3.06. The van der Waals surface area contributed by atoms with E-state index in [1.807, 2.05) is 19.9 Å². The average Bonchev–Trinajstić information content (AvgIpc) is 2.68. The molecule has 0 radical (unpaired) electrons. The number of carbonyl (C=O) groups excluding carboxylic acids is 1. The van der Waals surface area contributed by atoms with E-state index in [1.54, 1.807) is 12.3 Å². The molecular weight excluding hydrogens is 384 g/mol. The number of benzene rings is 1. The third kappa shape index (κ3) is 3.94. The Labute approximate surface area is 166 Å². The Morgan fingerprint density at radius 1 is 1.29 bits per heavy atom. The molecule has 0 saturated heterocycles. The standard InChI is InChI=1S/C20H19ClN2O5/c1-4-27-18-15(21)8-13(9-16(18)26-3)20(25)28-11-14-10-17(24)23-7-5-6-12(2)19(23)22-14/h5-10H,4,11H2,1-3H3. The van der Waals surface area contributed by atoms with Crippen LogP contribution in [0.4, 0.5) is 0 Å². The molecule has 3 aromatic rings. The monoisotopic (exact) mass is 402 g/mol. The lowest BCUT2D eigenvalue weighted by molar-refractivity contribution is 0.0467. The highest BCUT2D eigenvalue weighted by atomic mass is 35.5. The van der Waals surface area contributed by atoms with Crippen LogP contribution in [0.1, 0.15) is 28.5 Å². The van der Waals surface area contributed by atoms with Crippen LogP contribution >= 0.6 is 11.6 Å². The third-order valence-corrected chi connectivity index (χ3v) is 4.33. The summed E-state index contributed by atoms with van der Waals surface area (Å²) in [4.78, 5) is 29.1. The van der Waals surface area contributed by atoms with Gasteiger partial charge in [0.05, 0.1) is 30.0 Å². The fourth-order valence-electron chi connectivity index (χ4n) is 2.73. The first-order valence-corrected chi connectivity index (χ1v) is 8.97. The molecule has 0 bridgehead atoms. The molecule has 28 heavy (non-hydrogen) atoms. The normalized spacial score (nSPS) is 10.7. The molecule has 0 aliphatic rings. The molecule has 2 aromatic heterocycles. The Morgan fingerprint density at radius 2 is 2.07 bits per heavy atom. The molecule has 0 atom stereocenters. The van der Waals surface area contributed by atoms with Crippen LogP contribution in [0.3, 0.4) is 0 Å². The van der Waals surface area contributed by atoms with Gasteiger partial charge in [-0.1, -0.05) is 17.7 Å². The van der Waals surface area contributed by atoms with Crippen molar-refractivity contribution in [3.8, 4) is 11.5 Å². The molecule has 2 heterocycles. The molecule has 1 aromatic carbocycles. The molecule has 0 saturated carbocycles. The van der Waals surface area contributed by atoms with Gasteiger partial charge in [0.25, 0.3) is 5.56 Å². The van der Waals surface area contributed by atoms with Crippen molar-refractivity contribution in [1.29, 1.82) is 0 Å². The minimum absolute atomic E-state index is 0.147. The number of esters is 1. The smallest absolute Gasteiger partial charge is 0.338 e. The van der Waals surface area contributed by atoms with Crippen molar-refractivity contribution in [3.63, 3.8) is 0 Å². The van der Waals surface area contributed by atoms with Gasteiger partial charge in [0.15, 0.2) is 11.5 Å². The van der Waals surface area contributed by atoms with Crippen molar-refractivity contribution in [2.24, 2.45) is 0 Å². The first-order valence-electron chi connectivity index (χ1n) is 8.60. The van der Waals surface area contributed by atoms with Gasteiger partial charge in [-0.05, 0) is 37.6 Å². The summed E-state index contributed by atoms with van der Waals surface area (Å²) < 4.78 is 17.4. The van der Waals surface area contributed by atoms with E-state index < -0.39 is 5.97 Å². The van der Waals surface area contributed by atoms with Gasteiger partial charge in [-0.25, -0.2) is 9.78 Å². The zero-order chi connectivity index (χ0) is 20.3. The second kappa shape index (κ2) is 8.31. The number of hydrogen-bond donors (Lipinski definition) is 0. The predicted octanol–water partition coefficient (Wildman–Crippen LogP) is 3.42. The maximum atomic E-state index is 12.4. The first kappa shape index (κ1) is 19.7. The lowest BCUT2D eigenvalue weighted by Gasteiger charge is -2.13. The van der Waals surface area contributed by atoms with Crippen LogP contribution in [-0.4, -0.2) is 29.1 Å². The first-order chi connectivity index (χ1) is 13.4. The number of aromatic nitrogens is 2. The number of nitrogens with zero attached hydrogens (tertiary/aromatic N) is 2. The lowest BCUT2D eigenvalue weighted by Crippen LogP contribution is -2.17. The summed E-state index contributed by atoms with van der Waals surface area (Å²) in [6.45, 7) is 3.93. The summed E-state index contributed by atoms with van der Waals surface area (Å²) in [6, 6.07) is 7.90. The fourth-order valence-corrected chi connectivity index (χ4v) is 2.99. The van der Waals surface area contributed by atoms with Gasteiger partial charge in [0.1, 0.15) is 12.3 Å². The van der Waals surface area contributed by atoms with E-state index >= 15 is 0 Å². The van der Waals surface area contributed by atoms with E-state index in [-0.39, 0.29) is 22.8 Å². The van der Waals surface area contributed by atoms with E-state index in [2.05, 4.69) is 4.98 Å². The maximum Gasteiger partial charge on any atom is 0.338 e. The van der Waals surface area contributed by atoms with E-state index in [1.165, 1.54) is 29.7 Å². The van der Waals surface area contributed by atoms with Gasteiger partial charge in [-0.15, -0.1) is 0 Å². The number of fused-ring (bicyclic) bond motifs is 1. The molecular formula is C20H19ClN2O5. The van der Waals surface area contributed by atoms with Crippen LogP contribution in [-0.2, 0) is 11.3 Å². The van der Waals surface area contributed by atoms with Gasteiger partial charge in [0, 0.05) is 12.3 Å². The number of hydrogen-bond acceptors (Lipinski definition) is 6. The van der Waals surface area contributed by atoms with Crippen molar-refractivity contribution >= 4 is 23.2 Å². The third-order valence-electron chi connectivity index (χ3n) is 4.04. The number of rotatable bonds is 6. The van der Waals surface area contributed by atoms with Crippen LogP contribution in [0.5, 0.6) is 11.5 Å². The zero-order valence-corrected chi connectivity index (χ0v) is 16.4. The molecule has 0 unspecified atom stereocenters. The number of ether oxygens (including phenoxy) is 3. The number of pyridine rings is 1. The average molecular weight is 403 g/mol. The summed E-state index contributed by atoms with van der Waals surface area (Å²) in [7, 11) is 1.46. The van der Waals surface area contributed by atoms with Gasteiger partial charge in [-0.3, -0.25) is 9.20 Å². The predicted molar refractivity (Wildman–Crippen MR) is 104 cm³/mol. The number of halogens is 1. The van der Waals surface area contributed by atoms with Gasteiger partial charge >= 0.3 is 5.97 Å².